The Morgan fingerprint density at radius 2 is 2.04 bits per heavy atom. The van der Waals surface area contributed by atoms with Crippen LogP contribution < -0.4 is 5.32 Å². The molecule has 0 radical (unpaired) electrons. The van der Waals surface area contributed by atoms with Crippen molar-refractivity contribution in [3.8, 4) is 0 Å². The number of anilines is 1. The van der Waals surface area contributed by atoms with Crippen molar-refractivity contribution in [2.45, 2.75) is 12.3 Å². The van der Waals surface area contributed by atoms with Gasteiger partial charge in [0.15, 0.2) is 0 Å². The highest BCUT2D eigenvalue weighted by Gasteiger charge is 2.30. The van der Waals surface area contributed by atoms with Crippen molar-refractivity contribution in [3.05, 3.63) is 64.7 Å². The molecule has 3 rings (SSSR count). The van der Waals surface area contributed by atoms with Crippen molar-refractivity contribution in [2.24, 2.45) is 0 Å². The summed E-state index contributed by atoms with van der Waals surface area (Å²) < 4.78 is 4.95. The number of benzene rings is 2. The number of thioether (sulfide) groups is 1. The quantitative estimate of drug-likeness (QED) is 0.762. The topological polar surface area (TPSA) is 58.6 Å². The lowest BCUT2D eigenvalue weighted by atomic mass is 10.2. The van der Waals surface area contributed by atoms with Gasteiger partial charge in [-0.05, 0) is 48.9 Å². The van der Waals surface area contributed by atoms with Crippen LogP contribution >= 0.6 is 23.4 Å². The Morgan fingerprint density at radius 3 is 2.73 bits per heavy atom. The van der Waals surface area contributed by atoms with Crippen LogP contribution in [0, 0.1) is 0 Å². The summed E-state index contributed by atoms with van der Waals surface area (Å²) in [5.41, 5.74) is 2.09. The third-order valence-corrected chi connectivity index (χ3v) is 5.43. The van der Waals surface area contributed by atoms with Gasteiger partial charge in [0, 0.05) is 23.0 Å². The van der Waals surface area contributed by atoms with Crippen LogP contribution in [-0.2, 0) is 4.74 Å². The lowest BCUT2D eigenvalue weighted by molar-refractivity contribution is 0.0526. The van der Waals surface area contributed by atoms with E-state index < -0.39 is 0 Å². The summed E-state index contributed by atoms with van der Waals surface area (Å²) in [5, 5.41) is 3.48. The van der Waals surface area contributed by atoms with Crippen LogP contribution in [0.4, 0.5) is 10.5 Å². The number of carbonyl (C=O) groups is 2. The second kappa shape index (κ2) is 8.47. The first kappa shape index (κ1) is 18.6. The Labute approximate surface area is 161 Å². The predicted octanol–water partition coefficient (Wildman–Crippen LogP) is 4.80. The number of nitrogens with one attached hydrogen (secondary N) is 1. The van der Waals surface area contributed by atoms with Crippen molar-refractivity contribution >= 4 is 41.1 Å². The largest absolute Gasteiger partial charge is 0.462 e. The van der Waals surface area contributed by atoms with E-state index in [1.54, 1.807) is 47.9 Å². The molecule has 5 nitrogen and oxygen atoms in total. The third-order valence-electron chi connectivity index (χ3n) is 3.93. The van der Waals surface area contributed by atoms with E-state index in [9.17, 15) is 9.59 Å². The number of ether oxygens (including phenoxy) is 1. The van der Waals surface area contributed by atoms with Crippen molar-refractivity contribution in [1.29, 1.82) is 0 Å². The molecule has 0 aromatic heterocycles. The maximum atomic E-state index is 12.7. The number of amides is 2. The normalized spacial score (nSPS) is 16.4. The standard InChI is InChI=1S/C19H19ClN2O3S/c1-2-25-18(23)13-6-8-16(9-7-13)21-19(24)22-10-11-26-17(22)14-4-3-5-15(20)12-14/h3-9,12,17H,2,10-11H2,1H3,(H,21,24)/t17-/m1/s1. The highest BCUT2D eigenvalue weighted by Crippen LogP contribution is 2.38. The fourth-order valence-corrected chi connectivity index (χ4v) is 4.16. The zero-order chi connectivity index (χ0) is 18.5. The number of halogens is 1. The zero-order valence-corrected chi connectivity index (χ0v) is 15.8. The number of nitrogens with zero attached hydrogens (tertiary/aromatic N) is 1. The molecule has 1 saturated heterocycles. The second-order valence-corrected chi connectivity index (χ2v) is 7.32. The number of hydrogen-bond acceptors (Lipinski definition) is 4. The van der Waals surface area contributed by atoms with Gasteiger partial charge in [-0.3, -0.25) is 0 Å². The van der Waals surface area contributed by atoms with Gasteiger partial charge in [0.1, 0.15) is 5.37 Å². The van der Waals surface area contributed by atoms with Crippen molar-refractivity contribution < 1.29 is 14.3 Å². The molecule has 1 aliphatic heterocycles. The number of hydrogen-bond donors (Lipinski definition) is 1. The molecule has 0 bridgehead atoms. The van der Waals surface area contributed by atoms with E-state index in [0.717, 1.165) is 11.3 Å². The third kappa shape index (κ3) is 4.31. The Morgan fingerprint density at radius 1 is 1.27 bits per heavy atom. The van der Waals surface area contributed by atoms with Crippen LogP contribution in [0.1, 0.15) is 28.2 Å². The molecule has 1 N–H and O–H groups in total. The number of urea groups is 1. The molecule has 2 aromatic rings. The molecule has 1 aliphatic rings. The van der Waals surface area contributed by atoms with Crippen LogP contribution in [0.3, 0.4) is 0 Å². The number of rotatable bonds is 4. The summed E-state index contributed by atoms with van der Waals surface area (Å²) in [4.78, 5) is 26.2. The Balaban J connectivity index is 1.68. The summed E-state index contributed by atoms with van der Waals surface area (Å²) in [7, 11) is 0. The van der Waals surface area contributed by atoms with Gasteiger partial charge < -0.3 is 15.0 Å². The molecule has 0 saturated carbocycles. The zero-order valence-electron chi connectivity index (χ0n) is 14.3. The highest BCUT2D eigenvalue weighted by molar-refractivity contribution is 7.99. The predicted molar refractivity (Wildman–Crippen MR) is 105 cm³/mol. The van der Waals surface area contributed by atoms with Crippen LogP contribution in [0.5, 0.6) is 0 Å². The van der Waals surface area contributed by atoms with E-state index >= 15 is 0 Å². The van der Waals surface area contributed by atoms with Crippen LogP contribution in [0.2, 0.25) is 5.02 Å². The van der Waals surface area contributed by atoms with E-state index in [2.05, 4.69) is 5.32 Å². The lowest BCUT2D eigenvalue weighted by Crippen LogP contribution is -2.34. The molecular weight excluding hydrogens is 372 g/mol. The maximum Gasteiger partial charge on any atom is 0.338 e. The van der Waals surface area contributed by atoms with Crippen LogP contribution in [0.15, 0.2) is 48.5 Å². The molecule has 1 heterocycles. The SMILES string of the molecule is CCOC(=O)c1ccc(NC(=O)N2CCS[C@@H]2c2cccc(Cl)c2)cc1. The van der Waals surface area contributed by atoms with E-state index in [1.165, 1.54) is 0 Å². The summed E-state index contributed by atoms with van der Waals surface area (Å²) >= 11 is 7.79. The van der Waals surface area contributed by atoms with Gasteiger partial charge in [0.2, 0.25) is 0 Å². The molecule has 26 heavy (non-hydrogen) atoms. The van der Waals surface area contributed by atoms with E-state index in [-0.39, 0.29) is 17.4 Å². The second-order valence-electron chi connectivity index (χ2n) is 5.70. The summed E-state index contributed by atoms with van der Waals surface area (Å²) in [6.07, 6.45) is 0. The molecule has 1 fully saturated rings. The molecule has 0 unspecified atom stereocenters. The highest BCUT2D eigenvalue weighted by atomic mass is 35.5. The Bertz CT molecular complexity index is 798. The van der Waals surface area contributed by atoms with Gasteiger partial charge in [-0.15, -0.1) is 11.8 Å². The number of carbonyl (C=O) groups excluding carboxylic acids is 2. The van der Waals surface area contributed by atoms with Crippen LogP contribution in [0.25, 0.3) is 0 Å². The Hall–Kier alpha value is -2.18. The van der Waals surface area contributed by atoms with Crippen molar-refractivity contribution in [2.75, 3.05) is 24.2 Å². The van der Waals surface area contributed by atoms with Crippen molar-refractivity contribution in [3.63, 3.8) is 0 Å². The molecule has 1 atom stereocenters. The van der Waals surface area contributed by atoms with Gasteiger partial charge in [-0.2, -0.15) is 0 Å². The fourth-order valence-electron chi connectivity index (χ4n) is 2.71. The fraction of sp³-hybridized carbons (Fsp3) is 0.263. The van der Waals surface area contributed by atoms with Crippen LogP contribution in [-0.4, -0.2) is 35.8 Å². The molecule has 2 amide bonds. The summed E-state index contributed by atoms with van der Waals surface area (Å²) in [5.74, 6) is 0.495. The summed E-state index contributed by atoms with van der Waals surface area (Å²) in [6.45, 7) is 2.75. The minimum absolute atomic E-state index is 0.0625. The first-order chi connectivity index (χ1) is 12.6. The number of esters is 1. The molecule has 136 valence electrons. The minimum atomic E-state index is -0.373. The van der Waals surface area contributed by atoms with Gasteiger partial charge in [-0.1, -0.05) is 23.7 Å². The lowest BCUT2D eigenvalue weighted by Gasteiger charge is -2.24. The summed E-state index contributed by atoms with van der Waals surface area (Å²) in [6, 6.07) is 14.1. The van der Waals surface area contributed by atoms with Gasteiger partial charge in [0.25, 0.3) is 0 Å². The Kier molecular flexibility index (Phi) is 6.06. The smallest absolute Gasteiger partial charge is 0.338 e. The van der Waals surface area contributed by atoms with Gasteiger partial charge >= 0.3 is 12.0 Å². The van der Waals surface area contributed by atoms with E-state index in [0.29, 0.717) is 29.4 Å². The molecular formula is C19H19ClN2O3S. The molecule has 2 aromatic carbocycles. The molecule has 0 spiro atoms. The molecule has 0 aliphatic carbocycles. The average molecular weight is 391 g/mol. The maximum absolute atomic E-state index is 12.7. The first-order valence-electron chi connectivity index (χ1n) is 8.30. The van der Waals surface area contributed by atoms with E-state index in [4.69, 9.17) is 16.3 Å². The van der Waals surface area contributed by atoms with E-state index in [1.807, 2.05) is 24.3 Å². The van der Waals surface area contributed by atoms with Crippen molar-refractivity contribution in [1.82, 2.24) is 4.90 Å². The van der Waals surface area contributed by atoms with Gasteiger partial charge in [-0.25, -0.2) is 9.59 Å². The minimum Gasteiger partial charge on any atom is -0.462 e. The molecule has 7 heteroatoms. The first-order valence-corrected chi connectivity index (χ1v) is 9.73. The average Bonchev–Trinajstić information content (AvgIpc) is 3.12. The van der Waals surface area contributed by atoms with Gasteiger partial charge in [0.05, 0.1) is 12.2 Å². The monoisotopic (exact) mass is 390 g/mol.